The van der Waals surface area contributed by atoms with E-state index in [4.69, 9.17) is 0 Å². The van der Waals surface area contributed by atoms with Crippen LogP contribution in [0, 0.1) is 11.8 Å². The number of hydrogen-bond acceptors (Lipinski definition) is 1. The third-order valence-electron chi connectivity index (χ3n) is 1.57. The SMILES string of the molecule is BrCCCCC#Cc1ccccn1. The van der Waals surface area contributed by atoms with Gasteiger partial charge in [-0.15, -0.1) is 0 Å². The lowest BCUT2D eigenvalue weighted by Crippen LogP contribution is -1.79. The molecule has 0 aliphatic carbocycles. The maximum Gasteiger partial charge on any atom is 0.113 e. The maximum atomic E-state index is 4.11. The molecule has 0 unspecified atom stereocenters. The van der Waals surface area contributed by atoms with Crippen molar-refractivity contribution in [1.82, 2.24) is 4.98 Å². The van der Waals surface area contributed by atoms with E-state index in [0.717, 1.165) is 23.9 Å². The Morgan fingerprint density at radius 3 is 2.92 bits per heavy atom. The van der Waals surface area contributed by atoms with Gasteiger partial charge in [0, 0.05) is 17.9 Å². The predicted octanol–water partition coefficient (Wildman–Crippen LogP) is 3.00. The third kappa shape index (κ3) is 4.69. The summed E-state index contributed by atoms with van der Waals surface area (Å²) in [4.78, 5) is 4.11. The van der Waals surface area contributed by atoms with Gasteiger partial charge in [-0.1, -0.05) is 27.9 Å². The van der Waals surface area contributed by atoms with E-state index in [1.54, 1.807) is 6.20 Å². The van der Waals surface area contributed by atoms with Crippen LogP contribution < -0.4 is 0 Å². The van der Waals surface area contributed by atoms with E-state index >= 15 is 0 Å². The molecule has 0 fully saturated rings. The molecule has 1 heterocycles. The van der Waals surface area contributed by atoms with Crippen LogP contribution in [-0.4, -0.2) is 10.3 Å². The van der Waals surface area contributed by atoms with Gasteiger partial charge < -0.3 is 0 Å². The normalized spacial score (nSPS) is 9.00. The molecule has 1 aromatic rings. The summed E-state index contributed by atoms with van der Waals surface area (Å²) < 4.78 is 0. The van der Waals surface area contributed by atoms with E-state index in [1.165, 1.54) is 6.42 Å². The number of halogens is 1. The Hall–Kier alpha value is -0.810. The van der Waals surface area contributed by atoms with Crippen molar-refractivity contribution in [2.24, 2.45) is 0 Å². The second-order valence-electron chi connectivity index (χ2n) is 2.66. The van der Waals surface area contributed by atoms with E-state index in [-0.39, 0.29) is 0 Å². The van der Waals surface area contributed by atoms with Gasteiger partial charge in [0.15, 0.2) is 0 Å². The fourth-order valence-corrected chi connectivity index (χ4v) is 1.29. The van der Waals surface area contributed by atoms with Gasteiger partial charge in [-0.05, 0) is 30.9 Å². The van der Waals surface area contributed by atoms with Gasteiger partial charge in [-0.25, -0.2) is 4.98 Å². The number of unbranched alkanes of at least 4 members (excludes halogenated alkanes) is 2. The van der Waals surface area contributed by atoms with Gasteiger partial charge in [0.05, 0.1) is 0 Å². The number of pyridine rings is 1. The molecule has 0 bridgehead atoms. The minimum atomic E-state index is 0.862. The topological polar surface area (TPSA) is 12.9 Å². The van der Waals surface area contributed by atoms with Crippen molar-refractivity contribution in [2.75, 3.05) is 5.33 Å². The Labute approximate surface area is 87.7 Å². The van der Waals surface area contributed by atoms with Crippen LogP contribution in [0.1, 0.15) is 25.0 Å². The second kappa shape index (κ2) is 6.68. The molecule has 0 atom stereocenters. The first-order valence-electron chi connectivity index (χ1n) is 4.39. The smallest absolute Gasteiger partial charge is 0.113 e. The average molecular weight is 238 g/mol. The zero-order valence-corrected chi connectivity index (χ0v) is 9.05. The highest BCUT2D eigenvalue weighted by Gasteiger charge is 1.84. The van der Waals surface area contributed by atoms with Crippen molar-refractivity contribution in [2.45, 2.75) is 19.3 Å². The third-order valence-corrected chi connectivity index (χ3v) is 2.13. The van der Waals surface area contributed by atoms with Crippen LogP contribution in [-0.2, 0) is 0 Å². The van der Waals surface area contributed by atoms with Crippen molar-refractivity contribution in [3.63, 3.8) is 0 Å². The van der Waals surface area contributed by atoms with Crippen molar-refractivity contribution in [1.29, 1.82) is 0 Å². The highest BCUT2D eigenvalue weighted by atomic mass is 79.9. The van der Waals surface area contributed by atoms with E-state index in [2.05, 4.69) is 32.8 Å². The first-order chi connectivity index (χ1) is 6.43. The van der Waals surface area contributed by atoms with Crippen molar-refractivity contribution in [3.8, 4) is 11.8 Å². The number of alkyl halides is 1. The fraction of sp³-hybridized carbons (Fsp3) is 0.364. The molecule has 0 radical (unpaired) electrons. The van der Waals surface area contributed by atoms with Crippen molar-refractivity contribution < 1.29 is 0 Å². The van der Waals surface area contributed by atoms with Gasteiger partial charge in [0.25, 0.3) is 0 Å². The van der Waals surface area contributed by atoms with Crippen LogP contribution in [0.3, 0.4) is 0 Å². The van der Waals surface area contributed by atoms with Crippen LogP contribution >= 0.6 is 15.9 Å². The standard InChI is InChI=1S/C11H12BrN/c12-9-5-2-1-3-7-11-8-4-6-10-13-11/h4,6,8,10H,1-2,5,9H2. The van der Waals surface area contributed by atoms with E-state index in [1.807, 2.05) is 18.2 Å². The minimum absolute atomic E-state index is 0.862. The summed E-state index contributed by atoms with van der Waals surface area (Å²) in [5.74, 6) is 6.13. The lowest BCUT2D eigenvalue weighted by atomic mass is 10.2. The first-order valence-corrected chi connectivity index (χ1v) is 5.51. The molecule has 0 spiro atoms. The Bertz CT molecular complexity index is 284. The summed E-state index contributed by atoms with van der Waals surface area (Å²) in [6.45, 7) is 0. The summed E-state index contributed by atoms with van der Waals surface area (Å²) in [6.07, 6.45) is 5.08. The molecule has 0 saturated heterocycles. The number of aromatic nitrogens is 1. The lowest BCUT2D eigenvalue weighted by Gasteiger charge is -1.88. The summed E-state index contributed by atoms with van der Waals surface area (Å²) >= 11 is 3.39. The zero-order chi connectivity index (χ0) is 9.36. The molecule has 0 N–H and O–H groups in total. The molecule has 1 rings (SSSR count). The van der Waals surface area contributed by atoms with Gasteiger partial charge in [-0.3, -0.25) is 0 Å². The van der Waals surface area contributed by atoms with Crippen LogP contribution in [0.25, 0.3) is 0 Å². The summed E-state index contributed by atoms with van der Waals surface area (Å²) in [7, 11) is 0. The number of nitrogens with zero attached hydrogens (tertiary/aromatic N) is 1. The predicted molar refractivity (Wildman–Crippen MR) is 58.8 cm³/mol. The van der Waals surface area contributed by atoms with E-state index in [0.29, 0.717) is 0 Å². The molecule has 1 nitrogen and oxygen atoms in total. The lowest BCUT2D eigenvalue weighted by molar-refractivity contribution is 0.841. The summed E-state index contributed by atoms with van der Waals surface area (Å²) in [5, 5.41) is 1.07. The monoisotopic (exact) mass is 237 g/mol. The highest BCUT2D eigenvalue weighted by molar-refractivity contribution is 9.09. The molecule has 0 aromatic carbocycles. The molecule has 0 aliphatic heterocycles. The molecule has 68 valence electrons. The Morgan fingerprint density at radius 2 is 2.23 bits per heavy atom. The largest absolute Gasteiger partial charge is 0.248 e. The van der Waals surface area contributed by atoms with Crippen molar-refractivity contribution >= 4 is 15.9 Å². The Kier molecular flexibility index (Phi) is 5.28. The molecule has 0 amide bonds. The Balaban J connectivity index is 2.31. The number of hydrogen-bond donors (Lipinski definition) is 0. The van der Waals surface area contributed by atoms with Crippen LogP contribution in [0.2, 0.25) is 0 Å². The van der Waals surface area contributed by atoms with Crippen LogP contribution in [0.5, 0.6) is 0 Å². The molecule has 1 aromatic heterocycles. The highest BCUT2D eigenvalue weighted by Crippen LogP contribution is 1.97. The molecular formula is C11H12BrN. The van der Waals surface area contributed by atoms with Gasteiger partial charge >= 0.3 is 0 Å². The fourth-order valence-electron chi connectivity index (χ4n) is 0.898. The van der Waals surface area contributed by atoms with Gasteiger partial charge in [0.2, 0.25) is 0 Å². The summed E-state index contributed by atoms with van der Waals surface area (Å²) in [6, 6.07) is 5.78. The molecule has 0 aliphatic rings. The minimum Gasteiger partial charge on any atom is -0.248 e. The van der Waals surface area contributed by atoms with E-state index < -0.39 is 0 Å². The number of rotatable bonds is 3. The van der Waals surface area contributed by atoms with Crippen LogP contribution in [0.15, 0.2) is 24.4 Å². The summed E-state index contributed by atoms with van der Waals surface area (Å²) in [5.41, 5.74) is 0.862. The zero-order valence-electron chi connectivity index (χ0n) is 7.46. The van der Waals surface area contributed by atoms with Gasteiger partial charge in [-0.2, -0.15) is 0 Å². The van der Waals surface area contributed by atoms with Crippen LogP contribution in [0.4, 0.5) is 0 Å². The molecule has 13 heavy (non-hydrogen) atoms. The average Bonchev–Trinajstić information content (AvgIpc) is 2.19. The van der Waals surface area contributed by atoms with Gasteiger partial charge in [0.1, 0.15) is 5.69 Å². The first kappa shape index (κ1) is 10.3. The second-order valence-corrected chi connectivity index (χ2v) is 3.46. The van der Waals surface area contributed by atoms with E-state index in [9.17, 15) is 0 Å². The maximum absolute atomic E-state index is 4.11. The molecule has 0 saturated carbocycles. The quantitative estimate of drug-likeness (QED) is 0.448. The molecule has 2 heteroatoms. The Morgan fingerprint density at radius 1 is 1.31 bits per heavy atom. The molecular weight excluding hydrogens is 226 g/mol. The van der Waals surface area contributed by atoms with Crippen molar-refractivity contribution in [3.05, 3.63) is 30.1 Å².